The Morgan fingerprint density at radius 1 is 1.10 bits per heavy atom. The minimum Gasteiger partial charge on any atom is -0.327 e. The van der Waals surface area contributed by atoms with Crippen LogP contribution < -0.4 is 4.90 Å². The third-order valence-corrected chi connectivity index (χ3v) is 3.33. The lowest BCUT2D eigenvalue weighted by molar-refractivity contribution is 0.825. The first-order valence-corrected chi connectivity index (χ1v) is 7.39. The van der Waals surface area contributed by atoms with Gasteiger partial charge in [0.15, 0.2) is 0 Å². The second-order valence-corrected chi connectivity index (χ2v) is 5.18. The van der Waals surface area contributed by atoms with E-state index in [9.17, 15) is 0 Å². The Balaban J connectivity index is 2.38. The number of benzene rings is 1. The summed E-state index contributed by atoms with van der Waals surface area (Å²) in [4.78, 5) is 11.0. The summed E-state index contributed by atoms with van der Waals surface area (Å²) in [5.74, 6) is 1.67. The van der Waals surface area contributed by atoms with Crippen LogP contribution in [0.4, 0.5) is 11.5 Å². The van der Waals surface area contributed by atoms with Gasteiger partial charge in [0.2, 0.25) is 0 Å². The van der Waals surface area contributed by atoms with Crippen molar-refractivity contribution in [1.82, 2.24) is 9.97 Å². The maximum atomic E-state index is 6.12. The summed E-state index contributed by atoms with van der Waals surface area (Å²) >= 11 is 6.12. The van der Waals surface area contributed by atoms with E-state index in [-0.39, 0.29) is 0 Å². The average Bonchev–Trinajstić information content (AvgIpc) is 2.41. The number of aromatic nitrogens is 2. The maximum absolute atomic E-state index is 6.12. The van der Waals surface area contributed by atoms with Crippen LogP contribution in [-0.4, -0.2) is 16.5 Å². The third-order valence-electron chi connectivity index (χ3n) is 3.14. The molecule has 20 heavy (non-hydrogen) atoms. The summed E-state index contributed by atoms with van der Waals surface area (Å²) in [5, 5.41) is 0.504. The molecule has 0 aliphatic heterocycles. The second-order valence-electron chi connectivity index (χ2n) is 4.79. The fourth-order valence-electron chi connectivity index (χ4n) is 2.13. The van der Waals surface area contributed by atoms with Crippen LogP contribution in [0.1, 0.15) is 31.7 Å². The van der Waals surface area contributed by atoms with Gasteiger partial charge in [-0.1, -0.05) is 36.2 Å². The molecule has 1 heterocycles. The van der Waals surface area contributed by atoms with Crippen molar-refractivity contribution in [3.05, 3.63) is 46.9 Å². The van der Waals surface area contributed by atoms with Crippen molar-refractivity contribution < 1.29 is 0 Å². The molecule has 0 spiro atoms. The summed E-state index contributed by atoms with van der Waals surface area (Å²) in [6.45, 7) is 7.14. The number of aryl methyl sites for hydroxylation is 2. The monoisotopic (exact) mass is 289 g/mol. The number of halogens is 1. The van der Waals surface area contributed by atoms with Crippen LogP contribution in [0, 0.1) is 6.92 Å². The topological polar surface area (TPSA) is 29.0 Å². The van der Waals surface area contributed by atoms with Gasteiger partial charge < -0.3 is 4.90 Å². The van der Waals surface area contributed by atoms with E-state index in [4.69, 9.17) is 11.6 Å². The molecule has 0 fully saturated rings. The van der Waals surface area contributed by atoms with Crippen LogP contribution in [-0.2, 0) is 6.42 Å². The Labute approximate surface area is 125 Å². The molecule has 0 bridgehead atoms. The van der Waals surface area contributed by atoms with E-state index in [2.05, 4.69) is 59.9 Å². The van der Waals surface area contributed by atoms with E-state index < -0.39 is 0 Å². The zero-order valence-electron chi connectivity index (χ0n) is 12.2. The molecular weight excluding hydrogens is 270 g/mol. The average molecular weight is 290 g/mol. The minimum absolute atomic E-state index is 0.504. The van der Waals surface area contributed by atoms with Gasteiger partial charge in [0, 0.05) is 24.7 Å². The van der Waals surface area contributed by atoms with Crippen molar-refractivity contribution in [3.63, 3.8) is 0 Å². The quantitative estimate of drug-likeness (QED) is 0.756. The molecule has 2 rings (SSSR count). The molecule has 0 aliphatic carbocycles. The molecule has 0 unspecified atom stereocenters. The first-order valence-electron chi connectivity index (χ1n) is 7.01. The molecule has 1 aromatic heterocycles. The van der Waals surface area contributed by atoms with Crippen molar-refractivity contribution in [2.45, 2.75) is 33.6 Å². The fraction of sp³-hybridized carbons (Fsp3) is 0.375. The van der Waals surface area contributed by atoms with Gasteiger partial charge in [0.05, 0.1) is 0 Å². The Bertz CT molecular complexity index is 566. The molecule has 0 amide bonds. The van der Waals surface area contributed by atoms with Crippen LogP contribution in [0.15, 0.2) is 30.3 Å². The van der Waals surface area contributed by atoms with E-state index in [1.165, 1.54) is 5.56 Å². The summed E-state index contributed by atoms with van der Waals surface area (Å²) in [5.41, 5.74) is 2.37. The van der Waals surface area contributed by atoms with Gasteiger partial charge in [-0.3, -0.25) is 0 Å². The zero-order chi connectivity index (χ0) is 14.5. The molecule has 2 aromatic rings. The predicted octanol–water partition coefficient (Wildman–Crippen LogP) is 4.55. The van der Waals surface area contributed by atoms with E-state index in [1.807, 2.05) is 6.07 Å². The van der Waals surface area contributed by atoms with E-state index in [0.717, 1.165) is 36.7 Å². The molecule has 0 radical (unpaired) electrons. The molecule has 3 nitrogen and oxygen atoms in total. The molecular formula is C16H20ClN3. The van der Waals surface area contributed by atoms with Crippen molar-refractivity contribution in [1.29, 1.82) is 0 Å². The number of hydrogen-bond acceptors (Lipinski definition) is 3. The van der Waals surface area contributed by atoms with Crippen molar-refractivity contribution in [2.75, 3.05) is 11.4 Å². The molecule has 0 N–H and O–H groups in total. The summed E-state index contributed by atoms with van der Waals surface area (Å²) in [6.07, 6.45) is 1.86. The lowest BCUT2D eigenvalue weighted by Crippen LogP contribution is -2.18. The summed E-state index contributed by atoms with van der Waals surface area (Å²) in [6, 6.07) is 10.2. The van der Waals surface area contributed by atoms with Crippen LogP contribution >= 0.6 is 11.6 Å². The predicted molar refractivity (Wildman–Crippen MR) is 84.9 cm³/mol. The highest BCUT2D eigenvalue weighted by molar-refractivity contribution is 6.29. The molecule has 0 saturated heterocycles. The number of nitrogens with zero attached hydrogens (tertiary/aromatic N) is 3. The van der Waals surface area contributed by atoms with E-state index >= 15 is 0 Å². The Hall–Kier alpha value is -1.61. The molecule has 0 aliphatic rings. The molecule has 106 valence electrons. The van der Waals surface area contributed by atoms with Crippen LogP contribution in [0.5, 0.6) is 0 Å². The van der Waals surface area contributed by atoms with Gasteiger partial charge >= 0.3 is 0 Å². The molecule has 0 atom stereocenters. The van der Waals surface area contributed by atoms with Gasteiger partial charge in [-0.15, -0.1) is 0 Å². The Morgan fingerprint density at radius 3 is 2.40 bits per heavy atom. The van der Waals surface area contributed by atoms with Crippen molar-refractivity contribution in [2.24, 2.45) is 0 Å². The van der Waals surface area contributed by atoms with Crippen LogP contribution in [0.3, 0.4) is 0 Å². The SMILES string of the molecule is CCCc1nc(Cl)cc(N(CC)c2ccc(C)cc2)n1. The highest BCUT2D eigenvalue weighted by Crippen LogP contribution is 2.25. The standard InChI is InChI=1S/C16H20ClN3/c1-4-6-15-18-14(17)11-16(19-15)20(5-2)13-9-7-12(3)8-10-13/h7-11H,4-6H2,1-3H3. The van der Waals surface area contributed by atoms with Gasteiger partial charge in [-0.25, -0.2) is 9.97 Å². The van der Waals surface area contributed by atoms with Crippen LogP contribution in [0.25, 0.3) is 0 Å². The Morgan fingerprint density at radius 2 is 1.80 bits per heavy atom. The van der Waals surface area contributed by atoms with Gasteiger partial charge in [-0.05, 0) is 32.4 Å². The normalized spacial score (nSPS) is 10.6. The highest BCUT2D eigenvalue weighted by Gasteiger charge is 2.11. The lowest BCUT2D eigenvalue weighted by Gasteiger charge is -2.22. The van der Waals surface area contributed by atoms with Gasteiger partial charge in [-0.2, -0.15) is 0 Å². The third kappa shape index (κ3) is 3.48. The Kier molecular flexibility index (Phi) is 4.96. The maximum Gasteiger partial charge on any atom is 0.138 e. The number of hydrogen-bond donors (Lipinski definition) is 0. The first-order chi connectivity index (χ1) is 9.63. The molecule has 1 aromatic carbocycles. The summed E-state index contributed by atoms with van der Waals surface area (Å²) < 4.78 is 0. The van der Waals surface area contributed by atoms with Gasteiger partial charge in [0.1, 0.15) is 16.8 Å². The van der Waals surface area contributed by atoms with Crippen molar-refractivity contribution in [3.8, 4) is 0 Å². The van der Waals surface area contributed by atoms with Crippen molar-refractivity contribution >= 4 is 23.1 Å². The van der Waals surface area contributed by atoms with E-state index in [1.54, 1.807) is 0 Å². The highest BCUT2D eigenvalue weighted by atomic mass is 35.5. The number of anilines is 2. The first kappa shape index (κ1) is 14.8. The lowest BCUT2D eigenvalue weighted by atomic mass is 10.2. The molecule has 0 saturated carbocycles. The fourth-order valence-corrected chi connectivity index (χ4v) is 2.32. The number of rotatable bonds is 5. The smallest absolute Gasteiger partial charge is 0.138 e. The van der Waals surface area contributed by atoms with Gasteiger partial charge in [0.25, 0.3) is 0 Å². The minimum atomic E-state index is 0.504. The largest absolute Gasteiger partial charge is 0.327 e. The molecule has 4 heteroatoms. The van der Waals surface area contributed by atoms with E-state index in [0.29, 0.717) is 5.15 Å². The zero-order valence-corrected chi connectivity index (χ0v) is 13.0. The van der Waals surface area contributed by atoms with Crippen LogP contribution in [0.2, 0.25) is 5.15 Å². The second kappa shape index (κ2) is 6.71. The summed E-state index contributed by atoms with van der Waals surface area (Å²) in [7, 11) is 0.